The lowest BCUT2D eigenvalue weighted by Crippen LogP contribution is -2.60. The molecule has 21 heavy (non-hydrogen) atoms. The van der Waals surface area contributed by atoms with E-state index in [1.807, 2.05) is 32.9 Å². The molecule has 0 N–H and O–H groups in total. The quantitative estimate of drug-likeness (QED) is 0.799. The Morgan fingerprint density at radius 3 is 2.52 bits per heavy atom. The van der Waals surface area contributed by atoms with Gasteiger partial charge in [-0.05, 0) is 53.3 Å². The van der Waals surface area contributed by atoms with Crippen LogP contribution < -0.4 is 0 Å². The van der Waals surface area contributed by atoms with Gasteiger partial charge in [-0.3, -0.25) is 14.6 Å². The van der Waals surface area contributed by atoms with E-state index in [4.69, 9.17) is 0 Å². The van der Waals surface area contributed by atoms with E-state index in [0.29, 0.717) is 0 Å². The molecule has 1 atom stereocenters. The van der Waals surface area contributed by atoms with E-state index in [2.05, 4.69) is 36.8 Å². The van der Waals surface area contributed by atoms with Gasteiger partial charge in [-0.25, -0.2) is 0 Å². The van der Waals surface area contributed by atoms with Gasteiger partial charge in [0.05, 0.1) is 6.04 Å². The van der Waals surface area contributed by atoms with Crippen molar-refractivity contribution >= 4 is 5.78 Å². The molecule has 1 heterocycles. The SMILES string of the molecule is Cc1ccc(C)c(C(=O)C(C)N2CCN(C)C(C)(C)C2)c1. The van der Waals surface area contributed by atoms with Crippen LogP contribution in [0.15, 0.2) is 18.2 Å². The third-order valence-electron chi connectivity index (χ3n) is 4.93. The van der Waals surface area contributed by atoms with Crippen molar-refractivity contribution in [1.82, 2.24) is 9.80 Å². The number of benzene rings is 1. The van der Waals surface area contributed by atoms with Crippen molar-refractivity contribution in [2.75, 3.05) is 26.7 Å². The zero-order valence-electron chi connectivity index (χ0n) is 14.2. The molecule has 3 heteroatoms. The Labute approximate surface area is 128 Å². The molecular formula is C18H28N2O. The summed E-state index contributed by atoms with van der Waals surface area (Å²) in [6, 6.07) is 6.08. The van der Waals surface area contributed by atoms with Crippen LogP contribution in [-0.2, 0) is 0 Å². The summed E-state index contributed by atoms with van der Waals surface area (Å²) in [5.41, 5.74) is 3.22. The zero-order chi connectivity index (χ0) is 15.8. The summed E-state index contributed by atoms with van der Waals surface area (Å²) < 4.78 is 0. The molecule has 1 unspecified atom stereocenters. The second kappa shape index (κ2) is 5.90. The minimum atomic E-state index is -0.0570. The topological polar surface area (TPSA) is 23.6 Å². The normalized spacial score (nSPS) is 21.2. The van der Waals surface area contributed by atoms with Gasteiger partial charge in [0.1, 0.15) is 0 Å². The van der Waals surface area contributed by atoms with Crippen LogP contribution in [0.5, 0.6) is 0 Å². The minimum Gasteiger partial charge on any atom is -0.299 e. The van der Waals surface area contributed by atoms with Crippen LogP contribution in [-0.4, -0.2) is 53.8 Å². The van der Waals surface area contributed by atoms with Crippen LogP contribution >= 0.6 is 0 Å². The summed E-state index contributed by atoms with van der Waals surface area (Å²) in [7, 11) is 2.16. The fourth-order valence-electron chi connectivity index (χ4n) is 3.00. The Kier molecular flexibility index (Phi) is 4.54. The summed E-state index contributed by atoms with van der Waals surface area (Å²) >= 11 is 0. The molecule has 2 rings (SSSR count). The number of aryl methyl sites for hydroxylation is 2. The standard InChI is InChI=1S/C18H28N2O/c1-13-7-8-14(2)16(11-13)17(21)15(3)20-10-9-19(6)18(4,5)12-20/h7-8,11,15H,9-10,12H2,1-6H3. The molecule has 1 aromatic carbocycles. The van der Waals surface area contributed by atoms with Crippen molar-refractivity contribution in [2.24, 2.45) is 0 Å². The van der Waals surface area contributed by atoms with E-state index in [-0.39, 0.29) is 17.4 Å². The molecule has 1 fully saturated rings. The lowest BCUT2D eigenvalue weighted by atomic mass is 9.94. The minimum absolute atomic E-state index is 0.0570. The van der Waals surface area contributed by atoms with Crippen LogP contribution in [0.2, 0.25) is 0 Å². The third-order valence-corrected chi connectivity index (χ3v) is 4.93. The van der Waals surface area contributed by atoms with E-state index in [1.54, 1.807) is 0 Å². The average Bonchev–Trinajstić information content (AvgIpc) is 2.43. The van der Waals surface area contributed by atoms with E-state index < -0.39 is 0 Å². The molecule has 3 nitrogen and oxygen atoms in total. The first-order valence-corrected chi connectivity index (χ1v) is 7.79. The number of hydrogen-bond donors (Lipinski definition) is 0. The Morgan fingerprint density at radius 2 is 1.90 bits per heavy atom. The van der Waals surface area contributed by atoms with Gasteiger partial charge in [0.2, 0.25) is 0 Å². The number of nitrogens with zero attached hydrogens (tertiary/aromatic N) is 2. The molecular weight excluding hydrogens is 260 g/mol. The summed E-state index contributed by atoms with van der Waals surface area (Å²) in [4.78, 5) is 17.6. The van der Waals surface area contributed by atoms with Crippen LogP contribution in [0.4, 0.5) is 0 Å². The first kappa shape index (κ1) is 16.2. The van der Waals surface area contributed by atoms with Gasteiger partial charge < -0.3 is 0 Å². The highest BCUT2D eigenvalue weighted by atomic mass is 16.1. The van der Waals surface area contributed by atoms with Gasteiger partial charge in [-0.2, -0.15) is 0 Å². The molecule has 116 valence electrons. The number of Topliss-reactive ketones (excluding diaryl/α,β-unsaturated/α-hetero) is 1. The highest BCUT2D eigenvalue weighted by Crippen LogP contribution is 2.23. The Balaban J connectivity index is 2.18. The second-order valence-corrected chi connectivity index (χ2v) is 7.06. The van der Waals surface area contributed by atoms with Gasteiger partial charge in [0.15, 0.2) is 5.78 Å². The monoisotopic (exact) mass is 288 g/mol. The maximum absolute atomic E-state index is 12.9. The Bertz CT molecular complexity index is 536. The Morgan fingerprint density at radius 1 is 1.24 bits per heavy atom. The van der Waals surface area contributed by atoms with Gasteiger partial charge in [0, 0.05) is 30.7 Å². The molecule has 0 amide bonds. The maximum Gasteiger partial charge on any atom is 0.179 e. The largest absolute Gasteiger partial charge is 0.299 e. The second-order valence-electron chi connectivity index (χ2n) is 7.06. The summed E-state index contributed by atoms with van der Waals surface area (Å²) in [5.74, 6) is 0.247. The van der Waals surface area contributed by atoms with E-state index >= 15 is 0 Å². The van der Waals surface area contributed by atoms with Crippen molar-refractivity contribution in [1.29, 1.82) is 0 Å². The number of likely N-dealkylation sites (N-methyl/N-ethyl adjacent to an activating group) is 1. The molecule has 0 aliphatic carbocycles. The molecule has 1 aliphatic rings. The fourth-order valence-corrected chi connectivity index (χ4v) is 3.00. The van der Waals surface area contributed by atoms with Crippen molar-refractivity contribution in [3.8, 4) is 0 Å². The molecule has 0 spiro atoms. The molecule has 0 radical (unpaired) electrons. The first-order chi connectivity index (χ1) is 9.72. The number of carbonyl (C=O) groups is 1. The van der Waals surface area contributed by atoms with Crippen LogP contribution in [0.25, 0.3) is 0 Å². The van der Waals surface area contributed by atoms with Crippen molar-refractivity contribution in [2.45, 2.75) is 46.2 Å². The molecule has 1 saturated heterocycles. The predicted molar refractivity (Wildman–Crippen MR) is 88.0 cm³/mol. The number of hydrogen-bond acceptors (Lipinski definition) is 3. The highest BCUT2D eigenvalue weighted by molar-refractivity contribution is 6.01. The zero-order valence-corrected chi connectivity index (χ0v) is 14.2. The van der Waals surface area contributed by atoms with Gasteiger partial charge in [-0.15, -0.1) is 0 Å². The van der Waals surface area contributed by atoms with Crippen molar-refractivity contribution in [3.63, 3.8) is 0 Å². The number of piperazine rings is 1. The summed E-state index contributed by atoms with van der Waals surface area (Å²) in [6.07, 6.45) is 0. The molecule has 1 aromatic rings. The maximum atomic E-state index is 12.9. The number of carbonyl (C=O) groups excluding carboxylic acids is 1. The van der Waals surface area contributed by atoms with Crippen LogP contribution in [0.1, 0.15) is 42.3 Å². The lowest BCUT2D eigenvalue weighted by Gasteiger charge is -2.47. The fraction of sp³-hybridized carbons (Fsp3) is 0.611. The molecule has 0 saturated carbocycles. The summed E-state index contributed by atoms with van der Waals surface area (Å²) in [6.45, 7) is 13.5. The van der Waals surface area contributed by atoms with Crippen molar-refractivity contribution in [3.05, 3.63) is 34.9 Å². The number of rotatable bonds is 3. The average molecular weight is 288 g/mol. The third kappa shape index (κ3) is 3.35. The van der Waals surface area contributed by atoms with E-state index in [0.717, 1.165) is 36.3 Å². The van der Waals surface area contributed by atoms with Gasteiger partial charge in [0.25, 0.3) is 0 Å². The van der Waals surface area contributed by atoms with E-state index in [9.17, 15) is 4.79 Å². The number of ketones is 1. The van der Waals surface area contributed by atoms with Crippen LogP contribution in [0.3, 0.4) is 0 Å². The van der Waals surface area contributed by atoms with Gasteiger partial charge in [-0.1, -0.05) is 17.7 Å². The molecule has 0 bridgehead atoms. The molecule has 0 aromatic heterocycles. The van der Waals surface area contributed by atoms with Crippen LogP contribution in [0, 0.1) is 13.8 Å². The Hall–Kier alpha value is -1.19. The van der Waals surface area contributed by atoms with E-state index in [1.165, 1.54) is 0 Å². The predicted octanol–water partition coefficient (Wildman–Crippen LogP) is 2.90. The van der Waals surface area contributed by atoms with Gasteiger partial charge >= 0.3 is 0 Å². The lowest BCUT2D eigenvalue weighted by molar-refractivity contribution is 0.0212. The van der Waals surface area contributed by atoms with Crippen molar-refractivity contribution < 1.29 is 4.79 Å². The molecule has 1 aliphatic heterocycles. The smallest absolute Gasteiger partial charge is 0.179 e. The first-order valence-electron chi connectivity index (χ1n) is 7.79. The summed E-state index contributed by atoms with van der Waals surface area (Å²) in [5, 5.41) is 0. The highest BCUT2D eigenvalue weighted by Gasteiger charge is 2.35.